The Labute approximate surface area is 132 Å². The van der Waals surface area contributed by atoms with Gasteiger partial charge in [0.15, 0.2) is 0 Å². The van der Waals surface area contributed by atoms with Gasteiger partial charge in [-0.3, -0.25) is 0 Å². The largest absolute Gasteiger partial charge is 0.141 e. The Morgan fingerprint density at radius 3 is 1.45 bits per heavy atom. The van der Waals surface area contributed by atoms with Crippen molar-refractivity contribution in [3.05, 3.63) is 35.9 Å². The molecular formula is C19H39P. The van der Waals surface area contributed by atoms with Gasteiger partial charge in [-0.1, -0.05) is 98.3 Å². The second-order valence-electron chi connectivity index (χ2n) is 4.43. The van der Waals surface area contributed by atoms with Crippen LogP contribution < -0.4 is 0 Å². The first-order chi connectivity index (χ1) is 9.73. The predicted octanol–water partition coefficient (Wildman–Crippen LogP) is 7.09. The quantitative estimate of drug-likeness (QED) is 0.509. The zero-order valence-corrected chi connectivity index (χ0v) is 16.4. The fourth-order valence-electron chi connectivity index (χ4n) is 2.36. The van der Waals surface area contributed by atoms with E-state index in [0.717, 1.165) is 0 Å². The Morgan fingerprint density at radius 2 is 1.15 bits per heavy atom. The molecule has 0 fully saturated rings. The molecule has 0 amide bonds. The highest BCUT2D eigenvalue weighted by atomic mass is 31.0. The van der Waals surface area contributed by atoms with Gasteiger partial charge >= 0.3 is 0 Å². The van der Waals surface area contributed by atoms with Crippen LogP contribution in [-0.2, 0) is 5.41 Å². The summed E-state index contributed by atoms with van der Waals surface area (Å²) >= 11 is 0. The van der Waals surface area contributed by atoms with Gasteiger partial charge in [0.2, 0.25) is 0 Å². The number of benzene rings is 1. The van der Waals surface area contributed by atoms with Crippen LogP contribution in [0.5, 0.6) is 0 Å². The average Bonchev–Trinajstić information content (AvgIpc) is 2.54. The molecule has 0 aliphatic rings. The Morgan fingerprint density at radius 1 is 0.800 bits per heavy atom. The van der Waals surface area contributed by atoms with E-state index in [1.165, 1.54) is 31.2 Å². The highest BCUT2D eigenvalue weighted by Crippen LogP contribution is 2.33. The van der Waals surface area contributed by atoms with E-state index >= 15 is 0 Å². The molecule has 0 bridgehead atoms. The van der Waals surface area contributed by atoms with Crippen molar-refractivity contribution in [3.8, 4) is 0 Å². The van der Waals surface area contributed by atoms with E-state index < -0.39 is 0 Å². The van der Waals surface area contributed by atoms with Crippen molar-refractivity contribution in [3.63, 3.8) is 0 Å². The molecule has 1 unspecified atom stereocenters. The van der Waals surface area contributed by atoms with Crippen molar-refractivity contribution >= 4 is 9.24 Å². The first-order valence-electron chi connectivity index (χ1n) is 8.36. The third-order valence-corrected chi connectivity index (χ3v) is 3.07. The first kappa shape index (κ1) is 24.7. The van der Waals surface area contributed by atoms with Crippen LogP contribution in [0.4, 0.5) is 0 Å². The highest BCUT2D eigenvalue weighted by Gasteiger charge is 2.23. The van der Waals surface area contributed by atoms with Gasteiger partial charge in [0.1, 0.15) is 0 Å². The van der Waals surface area contributed by atoms with Gasteiger partial charge in [0.05, 0.1) is 0 Å². The summed E-state index contributed by atoms with van der Waals surface area (Å²) in [5.41, 5.74) is 1.90. The van der Waals surface area contributed by atoms with E-state index in [1.807, 2.05) is 34.4 Å². The molecule has 20 heavy (non-hydrogen) atoms. The smallest absolute Gasteiger partial charge is 0.00755 e. The fourth-order valence-corrected chi connectivity index (χ4v) is 2.36. The molecule has 1 aromatic carbocycles. The van der Waals surface area contributed by atoms with Crippen molar-refractivity contribution < 1.29 is 0 Å². The summed E-state index contributed by atoms with van der Waals surface area (Å²) < 4.78 is 0. The molecule has 0 saturated carbocycles. The molecule has 0 aliphatic carbocycles. The van der Waals surface area contributed by atoms with Crippen LogP contribution in [0.25, 0.3) is 0 Å². The van der Waals surface area contributed by atoms with Gasteiger partial charge in [-0.05, 0) is 23.8 Å². The summed E-state index contributed by atoms with van der Waals surface area (Å²) in [6.45, 7) is 16.9. The highest BCUT2D eigenvalue weighted by molar-refractivity contribution is 7.15. The van der Waals surface area contributed by atoms with Gasteiger partial charge < -0.3 is 0 Å². The summed E-state index contributed by atoms with van der Waals surface area (Å²) in [5, 5.41) is 0. The van der Waals surface area contributed by atoms with E-state index in [9.17, 15) is 0 Å². The fraction of sp³-hybridized carbons (Fsp3) is 0.684. The molecule has 0 heterocycles. The van der Waals surface area contributed by atoms with Crippen LogP contribution in [0.2, 0.25) is 0 Å². The van der Waals surface area contributed by atoms with E-state index in [0.29, 0.717) is 5.41 Å². The van der Waals surface area contributed by atoms with Crippen LogP contribution >= 0.6 is 9.24 Å². The lowest BCUT2D eigenvalue weighted by Gasteiger charge is -2.29. The van der Waals surface area contributed by atoms with E-state index in [4.69, 9.17) is 0 Å². The lowest BCUT2D eigenvalue weighted by atomic mass is 9.75. The van der Waals surface area contributed by atoms with Gasteiger partial charge in [-0.2, -0.15) is 0 Å². The van der Waals surface area contributed by atoms with E-state index in [2.05, 4.69) is 60.3 Å². The van der Waals surface area contributed by atoms with Crippen molar-refractivity contribution in [2.45, 2.75) is 79.6 Å². The van der Waals surface area contributed by atoms with Gasteiger partial charge in [0.25, 0.3) is 0 Å². The third-order valence-electron chi connectivity index (χ3n) is 3.07. The molecule has 1 rings (SSSR count). The van der Waals surface area contributed by atoms with Crippen molar-refractivity contribution in [1.29, 1.82) is 0 Å². The number of rotatable bonds is 5. The van der Waals surface area contributed by atoms with Crippen LogP contribution in [-0.4, -0.2) is 6.66 Å². The van der Waals surface area contributed by atoms with E-state index in [-0.39, 0.29) is 0 Å². The van der Waals surface area contributed by atoms with Crippen molar-refractivity contribution in [2.24, 2.45) is 0 Å². The zero-order chi connectivity index (χ0) is 16.4. The Hall–Kier alpha value is -0.350. The third kappa shape index (κ3) is 10.4. The standard InChI is InChI=1S/C14H22.2C2H6.CH5P/c1-4-11-14(3,12-5-2)13-9-7-6-8-10-13;3*1-2/h6-10H,4-5,11-12H2,1-3H3;2*1-2H3;2H2,1H3. The SMILES string of the molecule is CC.CC.CCCC(C)(CCC)c1ccccc1.CP. The molecule has 0 aromatic heterocycles. The lowest BCUT2D eigenvalue weighted by Crippen LogP contribution is -2.21. The van der Waals surface area contributed by atoms with Crippen molar-refractivity contribution in [2.75, 3.05) is 6.66 Å². The minimum absolute atomic E-state index is 0.394. The molecule has 0 nitrogen and oxygen atoms in total. The molecule has 1 atom stereocenters. The van der Waals surface area contributed by atoms with Crippen molar-refractivity contribution in [1.82, 2.24) is 0 Å². The van der Waals surface area contributed by atoms with Gasteiger partial charge in [-0.25, -0.2) is 0 Å². The monoisotopic (exact) mass is 298 g/mol. The maximum Gasteiger partial charge on any atom is -0.00755 e. The second kappa shape index (κ2) is 18.7. The summed E-state index contributed by atoms with van der Waals surface area (Å²) in [7, 11) is 2.42. The molecule has 0 N–H and O–H groups in total. The summed E-state index contributed by atoms with van der Waals surface area (Å²) in [6.07, 6.45) is 5.13. The molecular weight excluding hydrogens is 259 g/mol. The molecule has 1 heteroatoms. The number of hydrogen-bond donors (Lipinski definition) is 0. The molecule has 0 saturated heterocycles. The van der Waals surface area contributed by atoms with Crippen LogP contribution in [0, 0.1) is 0 Å². The normalized spacial score (nSPS) is 9.05. The first-order valence-corrected chi connectivity index (χ1v) is 9.51. The van der Waals surface area contributed by atoms with Crippen LogP contribution in [0.15, 0.2) is 30.3 Å². The Kier molecular flexibility index (Phi) is 23.0. The molecule has 1 aromatic rings. The summed E-state index contributed by atoms with van der Waals surface area (Å²) in [4.78, 5) is 0. The Bertz CT molecular complexity index is 248. The van der Waals surface area contributed by atoms with Gasteiger partial charge in [0, 0.05) is 0 Å². The van der Waals surface area contributed by atoms with Crippen LogP contribution in [0.1, 0.15) is 79.7 Å². The second-order valence-corrected chi connectivity index (χ2v) is 4.43. The molecule has 0 spiro atoms. The van der Waals surface area contributed by atoms with Crippen LogP contribution in [0.3, 0.4) is 0 Å². The topological polar surface area (TPSA) is 0 Å². The molecule has 0 radical (unpaired) electrons. The van der Waals surface area contributed by atoms with E-state index in [1.54, 1.807) is 0 Å². The molecule has 120 valence electrons. The Balaban J connectivity index is -0.000000425. The number of hydrogen-bond acceptors (Lipinski definition) is 0. The predicted molar refractivity (Wildman–Crippen MR) is 102 cm³/mol. The minimum Gasteiger partial charge on any atom is -0.141 e. The maximum atomic E-state index is 2.42. The maximum absolute atomic E-state index is 2.42. The minimum atomic E-state index is 0.394. The van der Waals surface area contributed by atoms with Gasteiger partial charge in [-0.15, -0.1) is 9.24 Å². The zero-order valence-electron chi connectivity index (χ0n) is 15.3. The summed E-state index contributed by atoms with van der Waals surface area (Å²) in [5.74, 6) is 0. The lowest BCUT2D eigenvalue weighted by molar-refractivity contribution is 0.392. The average molecular weight is 298 g/mol. The summed E-state index contributed by atoms with van der Waals surface area (Å²) in [6, 6.07) is 10.9. The molecule has 0 aliphatic heterocycles.